The molecule has 0 bridgehead atoms. The Bertz CT molecular complexity index is 1460. The fraction of sp³-hybridized carbons (Fsp3) is 0.185. The minimum atomic E-state index is -0.857. The number of hydrogen-bond acceptors (Lipinski definition) is 6. The quantitative estimate of drug-likeness (QED) is 0.468. The number of benzene rings is 3. The summed E-state index contributed by atoms with van der Waals surface area (Å²) in [6.07, 6.45) is 0. The van der Waals surface area contributed by atoms with Gasteiger partial charge in [-0.3, -0.25) is 9.69 Å². The van der Waals surface area contributed by atoms with Crippen molar-refractivity contribution in [3.05, 3.63) is 105 Å². The van der Waals surface area contributed by atoms with Crippen molar-refractivity contribution >= 4 is 16.9 Å². The number of para-hydroxylation sites is 1. The van der Waals surface area contributed by atoms with Crippen molar-refractivity contribution in [1.29, 1.82) is 0 Å². The SMILES string of the molecule is COC(=O)[C@H]1c2c([nH]c3ccccc3c2=O)[C@H](c2ccc3c(c2)OCO3)N1Cc1ccccc1. The molecule has 2 aliphatic rings. The number of carbonyl (C=O) groups is 1. The maximum Gasteiger partial charge on any atom is 0.327 e. The highest BCUT2D eigenvalue weighted by Gasteiger charge is 2.46. The highest BCUT2D eigenvalue weighted by atomic mass is 16.7. The van der Waals surface area contributed by atoms with Crippen LogP contribution in [0, 0.1) is 0 Å². The van der Waals surface area contributed by atoms with Crippen molar-refractivity contribution in [3.63, 3.8) is 0 Å². The molecule has 2 atom stereocenters. The average Bonchev–Trinajstić information content (AvgIpc) is 3.46. The molecule has 0 saturated carbocycles. The van der Waals surface area contributed by atoms with E-state index in [1.807, 2.05) is 71.6 Å². The zero-order valence-electron chi connectivity index (χ0n) is 18.5. The smallest absolute Gasteiger partial charge is 0.327 e. The van der Waals surface area contributed by atoms with Crippen molar-refractivity contribution < 1.29 is 19.0 Å². The Morgan fingerprint density at radius 2 is 1.79 bits per heavy atom. The van der Waals surface area contributed by atoms with Crippen molar-refractivity contribution in [3.8, 4) is 11.5 Å². The Labute approximate surface area is 195 Å². The Morgan fingerprint density at radius 3 is 2.62 bits per heavy atom. The third-order valence-electron chi connectivity index (χ3n) is 6.53. The van der Waals surface area contributed by atoms with Gasteiger partial charge in [0.2, 0.25) is 6.79 Å². The van der Waals surface area contributed by atoms with Crippen LogP contribution in [-0.4, -0.2) is 29.8 Å². The summed E-state index contributed by atoms with van der Waals surface area (Å²) in [5, 5.41) is 0.543. The van der Waals surface area contributed by atoms with Crippen LogP contribution in [0.3, 0.4) is 0 Å². The van der Waals surface area contributed by atoms with E-state index in [9.17, 15) is 9.59 Å². The highest BCUT2D eigenvalue weighted by molar-refractivity contribution is 5.85. The molecule has 3 aromatic carbocycles. The van der Waals surface area contributed by atoms with Gasteiger partial charge in [-0.05, 0) is 35.4 Å². The predicted octanol–water partition coefficient (Wildman–Crippen LogP) is 4.08. The number of methoxy groups -OCH3 is 1. The van der Waals surface area contributed by atoms with Crippen LogP contribution in [-0.2, 0) is 16.1 Å². The predicted molar refractivity (Wildman–Crippen MR) is 126 cm³/mol. The minimum absolute atomic E-state index is 0.166. The first-order valence-electron chi connectivity index (χ1n) is 11.1. The lowest BCUT2D eigenvalue weighted by atomic mass is 9.99. The summed E-state index contributed by atoms with van der Waals surface area (Å²) in [6.45, 7) is 0.609. The normalized spacial score (nSPS) is 18.7. The molecule has 3 heterocycles. The van der Waals surface area contributed by atoms with Crippen molar-refractivity contribution in [2.24, 2.45) is 0 Å². The van der Waals surface area contributed by atoms with Crippen LogP contribution in [0.4, 0.5) is 0 Å². The van der Waals surface area contributed by atoms with Gasteiger partial charge in [0.05, 0.1) is 13.2 Å². The fourth-order valence-corrected chi connectivity index (χ4v) is 5.02. The number of pyridine rings is 1. The maximum atomic E-state index is 13.7. The molecule has 0 spiro atoms. The van der Waals surface area contributed by atoms with Gasteiger partial charge in [-0.15, -0.1) is 0 Å². The number of carbonyl (C=O) groups excluding carboxylic acids is 1. The van der Waals surface area contributed by atoms with Gasteiger partial charge < -0.3 is 19.2 Å². The number of nitrogens with one attached hydrogen (secondary N) is 1. The van der Waals surface area contributed by atoms with Gasteiger partial charge in [-0.25, -0.2) is 4.79 Å². The number of nitrogens with zero attached hydrogens (tertiary/aromatic N) is 1. The van der Waals surface area contributed by atoms with E-state index >= 15 is 0 Å². The molecule has 7 nitrogen and oxygen atoms in total. The number of aromatic nitrogens is 1. The summed E-state index contributed by atoms with van der Waals surface area (Å²) in [6, 6.07) is 21.7. The molecule has 4 aromatic rings. The maximum absolute atomic E-state index is 13.7. The lowest BCUT2D eigenvalue weighted by Gasteiger charge is -2.29. The van der Waals surface area contributed by atoms with E-state index in [0.29, 0.717) is 34.7 Å². The standard InChI is InChI=1S/C27H22N2O5/c1-32-27(31)25-22-23(28-19-10-6-5-9-18(19)26(22)30)24(29(25)14-16-7-3-2-4-8-16)17-11-12-20-21(13-17)34-15-33-20/h2-13,24-25H,14-15H2,1H3,(H,28,30)/t24-,25+/m0/s1. The molecule has 0 radical (unpaired) electrons. The number of hydrogen-bond donors (Lipinski definition) is 1. The molecular formula is C27H22N2O5. The highest BCUT2D eigenvalue weighted by Crippen LogP contribution is 2.47. The zero-order chi connectivity index (χ0) is 23.2. The third-order valence-corrected chi connectivity index (χ3v) is 6.53. The van der Waals surface area contributed by atoms with E-state index in [4.69, 9.17) is 14.2 Å². The molecule has 7 heteroatoms. The first kappa shape index (κ1) is 20.5. The van der Waals surface area contributed by atoms with Crippen LogP contribution in [0.2, 0.25) is 0 Å². The number of fused-ring (bicyclic) bond motifs is 3. The molecule has 0 saturated heterocycles. The molecule has 0 amide bonds. The second-order valence-electron chi connectivity index (χ2n) is 8.43. The van der Waals surface area contributed by atoms with Gasteiger partial charge in [0.25, 0.3) is 0 Å². The van der Waals surface area contributed by atoms with Crippen LogP contribution in [0.1, 0.15) is 34.5 Å². The number of rotatable bonds is 4. The minimum Gasteiger partial charge on any atom is -0.468 e. The molecule has 1 aromatic heterocycles. The number of esters is 1. The van der Waals surface area contributed by atoms with Gasteiger partial charge >= 0.3 is 5.97 Å². The van der Waals surface area contributed by atoms with E-state index in [1.165, 1.54) is 7.11 Å². The molecular weight excluding hydrogens is 432 g/mol. The largest absolute Gasteiger partial charge is 0.468 e. The second kappa shape index (κ2) is 8.04. The molecule has 34 heavy (non-hydrogen) atoms. The third kappa shape index (κ3) is 3.16. The lowest BCUT2D eigenvalue weighted by molar-refractivity contribution is -0.147. The Balaban J connectivity index is 1.60. The first-order chi connectivity index (χ1) is 16.7. The molecule has 0 aliphatic carbocycles. The van der Waals surface area contributed by atoms with E-state index in [1.54, 1.807) is 6.07 Å². The summed E-state index contributed by atoms with van der Waals surface area (Å²) in [4.78, 5) is 32.4. The average molecular weight is 454 g/mol. The Morgan fingerprint density at radius 1 is 1.03 bits per heavy atom. The molecule has 0 fully saturated rings. The molecule has 6 rings (SSSR count). The Hall–Kier alpha value is -4.10. The van der Waals surface area contributed by atoms with Crippen molar-refractivity contribution in [2.45, 2.75) is 18.6 Å². The summed E-state index contributed by atoms with van der Waals surface area (Å²) in [5.41, 5.74) is 3.58. The van der Waals surface area contributed by atoms with E-state index in [-0.39, 0.29) is 12.2 Å². The first-order valence-corrected chi connectivity index (χ1v) is 11.1. The van der Waals surface area contributed by atoms with Crippen LogP contribution >= 0.6 is 0 Å². The monoisotopic (exact) mass is 454 g/mol. The summed E-state index contributed by atoms with van der Waals surface area (Å²) in [5.74, 6) is 0.845. The summed E-state index contributed by atoms with van der Waals surface area (Å²) in [7, 11) is 1.35. The van der Waals surface area contributed by atoms with Gasteiger partial charge in [0.1, 0.15) is 6.04 Å². The summed E-state index contributed by atoms with van der Waals surface area (Å²) < 4.78 is 16.3. The zero-order valence-corrected chi connectivity index (χ0v) is 18.5. The van der Waals surface area contributed by atoms with Gasteiger partial charge in [0.15, 0.2) is 16.9 Å². The second-order valence-corrected chi connectivity index (χ2v) is 8.43. The van der Waals surface area contributed by atoms with Gasteiger partial charge in [-0.2, -0.15) is 0 Å². The summed E-state index contributed by atoms with van der Waals surface area (Å²) >= 11 is 0. The van der Waals surface area contributed by atoms with E-state index in [2.05, 4.69) is 4.98 Å². The van der Waals surface area contributed by atoms with E-state index < -0.39 is 18.1 Å². The molecule has 0 unspecified atom stereocenters. The number of ether oxygens (including phenoxy) is 3. The van der Waals surface area contributed by atoms with Crippen LogP contribution in [0.15, 0.2) is 77.6 Å². The fourth-order valence-electron chi connectivity index (χ4n) is 5.02. The van der Waals surface area contributed by atoms with Crippen LogP contribution < -0.4 is 14.9 Å². The van der Waals surface area contributed by atoms with E-state index in [0.717, 1.165) is 16.6 Å². The van der Waals surface area contributed by atoms with Crippen LogP contribution in [0.5, 0.6) is 11.5 Å². The van der Waals surface area contributed by atoms with Gasteiger partial charge in [0, 0.05) is 28.7 Å². The number of H-pyrrole nitrogens is 1. The van der Waals surface area contributed by atoms with Crippen LogP contribution in [0.25, 0.3) is 10.9 Å². The lowest BCUT2D eigenvalue weighted by Crippen LogP contribution is -2.33. The molecule has 170 valence electrons. The molecule has 2 aliphatic heterocycles. The van der Waals surface area contributed by atoms with Crippen molar-refractivity contribution in [1.82, 2.24) is 9.88 Å². The number of aromatic amines is 1. The van der Waals surface area contributed by atoms with Gasteiger partial charge in [-0.1, -0.05) is 48.5 Å². The molecule has 1 N–H and O–H groups in total. The Kier molecular flexibility index (Phi) is 4.85. The van der Waals surface area contributed by atoms with Crippen molar-refractivity contribution in [2.75, 3.05) is 13.9 Å². The topological polar surface area (TPSA) is 80.9 Å².